The fraction of sp³-hybridized carbons (Fsp3) is 0.364. The fourth-order valence-electron chi connectivity index (χ4n) is 1.37. The van der Waals surface area contributed by atoms with Gasteiger partial charge in [0, 0.05) is 11.4 Å². The Balaban J connectivity index is 2.92. The molecule has 0 saturated heterocycles. The second-order valence-corrected chi connectivity index (χ2v) is 3.73. The van der Waals surface area contributed by atoms with Gasteiger partial charge in [-0.15, -0.1) is 0 Å². The molecule has 4 heteroatoms. The van der Waals surface area contributed by atoms with E-state index >= 15 is 0 Å². The number of nitrogens with two attached hydrogens (primary N) is 1. The second-order valence-electron chi connectivity index (χ2n) is 3.73. The van der Waals surface area contributed by atoms with E-state index in [1.165, 1.54) is 0 Å². The summed E-state index contributed by atoms with van der Waals surface area (Å²) >= 11 is 0. The maximum Gasteiger partial charge on any atom is 0.325 e. The maximum atomic E-state index is 10.7. The molecule has 1 rings (SSSR count). The van der Waals surface area contributed by atoms with Gasteiger partial charge in [-0.25, -0.2) is 0 Å². The van der Waals surface area contributed by atoms with Crippen LogP contribution in [-0.2, 0) is 4.79 Å². The van der Waals surface area contributed by atoms with Gasteiger partial charge in [0.05, 0.1) is 0 Å². The Labute approximate surface area is 89.1 Å². The lowest BCUT2D eigenvalue weighted by Crippen LogP contribution is -2.25. The quantitative estimate of drug-likeness (QED) is 0.662. The predicted molar refractivity (Wildman–Crippen MR) is 61.0 cm³/mol. The first-order chi connectivity index (χ1) is 6.91. The third-order valence-electron chi connectivity index (χ3n) is 2.35. The van der Waals surface area contributed by atoms with E-state index in [-0.39, 0.29) is 0 Å². The molecule has 0 aromatic heterocycles. The van der Waals surface area contributed by atoms with Crippen molar-refractivity contribution in [1.29, 1.82) is 0 Å². The van der Waals surface area contributed by atoms with Crippen LogP contribution in [0.5, 0.6) is 0 Å². The summed E-state index contributed by atoms with van der Waals surface area (Å²) in [4.78, 5) is 10.7. The normalized spacial score (nSPS) is 12.2. The van der Waals surface area contributed by atoms with E-state index in [0.717, 1.165) is 22.5 Å². The molecular weight excluding hydrogens is 192 g/mol. The molecule has 4 nitrogen and oxygen atoms in total. The number of benzene rings is 1. The van der Waals surface area contributed by atoms with Gasteiger partial charge in [0.2, 0.25) is 0 Å². The number of nitrogens with one attached hydrogen (secondary N) is 1. The van der Waals surface area contributed by atoms with Crippen molar-refractivity contribution in [3.63, 3.8) is 0 Å². The first kappa shape index (κ1) is 11.4. The number of carbonyl (C=O) groups is 1. The third kappa shape index (κ3) is 2.62. The molecule has 0 amide bonds. The Hall–Kier alpha value is -1.71. The van der Waals surface area contributed by atoms with Crippen LogP contribution in [0.15, 0.2) is 12.1 Å². The SMILES string of the molecule is Cc1cc(N[C@@H](C)C(=O)O)cc(C)c1N. The van der Waals surface area contributed by atoms with Crippen molar-refractivity contribution < 1.29 is 9.90 Å². The standard InChI is InChI=1S/C11H16N2O2/c1-6-4-9(5-7(2)10(6)12)13-8(3)11(14)15/h4-5,8,13H,12H2,1-3H3,(H,14,15)/t8-/m0/s1. The second kappa shape index (κ2) is 4.21. The minimum absolute atomic E-state index is 0.604. The van der Waals surface area contributed by atoms with E-state index in [0.29, 0.717) is 0 Å². The smallest absolute Gasteiger partial charge is 0.325 e. The van der Waals surface area contributed by atoms with E-state index in [2.05, 4.69) is 5.32 Å². The molecule has 0 aliphatic heterocycles. The molecule has 15 heavy (non-hydrogen) atoms. The summed E-state index contributed by atoms with van der Waals surface area (Å²) in [5.41, 5.74) is 9.24. The minimum Gasteiger partial charge on any atom is -0.480 e. The molecule has 1 aromatic rings. The molecule has 0 bridgehead atoms. The fourth-order valence-corrected chi connectivity index (χ4v) is 1.37. The Morgan fingerprint density at radius 1 is 1.40 bits per heavy atom. The summed E-state index contributed by atoms with van der Waals surface area (Å²) < 4.78 is 0. The van der Waals surface area contributed by atoms with Crippen molar-refractivity contribution in [2.24, 2.45) is 0 Å². The van der Waals surface area contributed by atoms with Gasteiger partial charge >= 0.3 is 5.97 Å². The van der Waals surface area contributed by atoms with Crippen LogP contribution in [0.25, 0.3) is 0 Å². The van der Waals surface area contributed by atoms with E-state index in [4.69, 9.17) is 10.8 Å². The highest BCUT2D eigenvalue weighted by atomic mass is 16.4. The average molecular weight is 208 g/mol. The van der Waals surface area contributed by atoms with Crippen molar-refractivity contribution in [2.75, 3.05) is 11.1 Å². The number of hydrogen-bond acceptors (Lipinski definition) is 3. The van der Waals surface area contributed by atoms with Gasteiger partial charge in [-0.3, -0.25) is 4.79 Å². The summed E-state index contributed by atoms with van der Waals surface area (Å²) in [5.74, 6) is -0.873. The zero-order valence-corrected chi connectivity index (χ0v) is 9.16. The van der Waals surface area contributed by atoms with Gasteiger partial charge in [-0.2, -0.15) is 0 Å². The monoisotopic (exact) mass is 208 g/mol. The summed E-state index contributed by atoms with van der Waals surface area (Å²) in [6, 6.07) is 3.09. The van der Waals surface area contributed by atoms with Crippen LogP contribution in [0.2, 0.25) is 0 Å². The number of rotatable bonds is 3. The highest BCUT2D eigenvalue weighted by molar-refractivity contribution is 5.77. The number of hydrogen-bond donors (Lipinski definition) is 3. The topological polar surface area (TPSA) is 75.3 Å². The van der Waals surface area contributed by atoms with Gasteiger partial charge in [0.15, 0.2) is 0 Å². The predicted octanol–water partition coefficient (Wildman–Crippen LogP) is 1.77. The molecule has 0 saturated carbocycles. The van der Waals surface area contributed by atoms with Crippen molar-refractivity contribution in [1.82, 2.24) is 0 Å². The van der Waals surface area contributed by atoms with Crippen LogP contribution in [0.4, 0.5) is 11.4 Å². The zero-order chi connectivity index (χ0) is 11.6. The molecule has 0 aliphatic carbocycles. The largest absolute Gasteiger partial charge is 0.480 e. The molecule has 4 N–H and O–H groups in total. The summed E-state index contributed by atoms with van der Waals surface area (Å²) in [7, 11) is 0. The van der Waals surface area contributed by atoms with Crippen LogP contribution in [-0.4, -0.2) is 17.1 Å². The van der Waals surface area contributed by atoms with E-state index in [1.807, 2.05) is 26.0 Å². The van der Waals surface area contributed by atoms with Gasteiger partial charge in [0.25, 0.3) is 0 Å². The van der Waals surface area contributed by atoms with E-state index in [9.17, 15) is 4.79 Å². The molecule has 0 spiro atoms. The molecule has 0 heterocycles. The summed E-state index contributed by atoms with van der Waals surface area (Å²) in [5, 5.41) is 11.6. The number of aryl methyl sites for hydroxylation is 2. The van der Waals surface area contributed by atoms with Gasteiger partial charge in [-0.05, 0) is 44.0 Å². The van der Waals surface area contributed by atoms with Crippen molar-refractivity contribution in [3.8, 4) is 0 Å². The lowest BCUT2D eigenvalue weighted by Gasteiger charge is -2.13. The number of nitrogen functional groups attached to an aromatic ring is 1. The number of aliphatic carboxylic acids is 1. The van der Waals surface area contributed by atoms with E-state index in [1.54, 1.807) is 6.92 Å². The lowest BCUT2D eigenvalue weighted by molar-refractivity contribution is -0.137. The number of carboxylic acid groups (broad SMARTS) is 1. The van der Waals surface area contributed by atoms with Crippen molar-refractivity contribution >= 4 is 17.3 Å². The number of carboxylic acids is 1. The molecule has 1 atom stereocenters. The molecule has 0 fully saturated rings. The summed E-state index contributed by atoms with van der Waals surface area (Å²) in [6.45, 7) is 5.40. The number of anilines is 2. The Kier molecular flexibility index (Phi) is 3.19. The highest BCUT2D eigenvalue weighted by Crippen LogP contribution is 2.22. The van der Waals surface area contributed by atoms with Crippen LogP contribution in [0.1, 0.15) is 18.1 Å². The first-order valence-electron chi connectivity index (χ1n) is 4.78. The van der Waals surface area contributed by atoms with E-state index < -0.39 is 12.0 Å². The van der Waals surface area contributed by atoms with Crippen LogP contribution >= 0.6 is 0 Å². The van der Waals surface area contributed by atoms with Gasteiger partial charge in [0.1, 0.15) is 6.04 Å². The van der Waals surface area contributed by atoms with Crippen LogP contribution < -0.4 is 11.1 Å². The summed E-state index contributed by atoms with van der Waals surface area (Å²) in [6.07, 6.45) is 0. The maximum absolute atomic E-state index is 10.7. The first-order valence-corrected chi connectivity index (χ1v) is 4.78. The molecule has 82 valence electrons. The van der Waals surface area contributed by atoms with Crippen molar-refractivity contribution in [2.45, 2.75) is 26.8 Å². The Morgan fingerprint density at radius 2 is 1.87 bits per heavy atom. The van der Waals surface area contributed by atoms with Crippen molar-refractivity contribution in [3.05, 3.63) is 23.3 Å². The molecule has 0 radical (unpaired) electrons. The highest BCUT2D eigenvalue weighted by Gasteiger charge is 2.10. The molecule has 0 unspecified atom stereocenters. The van der Waals surface area contributed by atoms with Crippen LogP contribution in [0, 0.1) is 13.8 Å². The Bertz CT molecular complexity index is 365. The molecular formula is C11H16N2O2. The van der Waals surface area contributed by atoms with Crippen LogP contribution in [0.3, 0.4) is 0 Å². The average Bonchev–Trinajstić information content (AvgIpc) is 2.13. The van der Waals surface area contributed by atoms with Gasteiger partial charge < -0.3 is 16.2 Å². The van der Waals surface area contributed by atoms with Gasteiger partial charge in [-0.1, -0.05) is 0 Å². The Morgan fingerprint density at radius 3 is 2.27 bits per heavy atom. The molecule has 1 aromatic carbocycles. The minimum atomic E-state index is -0.873. The zero-order valence-electron chi connectivity index (χ0n) is 9.16. The third-order valence-corrected chi connectivity index (χ3v) is 2.35. The molecule has 0 aliphatic rings. The lowest BCUT2D eigenvalue weighted by atomic mass is 10.1.